The van der Waals surface area contributed by atoms with E-state index < -0.39 is 0 Å². The van der Waals surface area contributed by atoms with Crippen LogP contribution in [-0.4, -0.2) is 0 Å². The Morgan fingerprint density at radius 2 is 1.67 bits per heavy atom. The van der Waals surface area contributed by atoms with E-state index in [0.29, 0.717) is 5.92 Å². The molecule has 18 heavy (non-hydrogen) atoms. The average Bonchev–Trinajstić information content (AvgIpc) is 2.36. The first kappa shape index (κ1) is 17.2. The van der Waals surface area contributed by atoms with Crippen LogP contribution in [0.15, 0.2) is 34.4 Å². The Kier molecular flexibility index (Phi) is 8.79. The highest BCUT2D eigenvalue weighted by molar-refractivity contribution is 5.37. The van der Waals surface area contributed by atoms with Crippen LogP contribution in [0.25, 0.3) is 0 Å². The summed E-state index contributed by atoms with van der Waals surface area (Å²) in [5, 5.41) is 0. The topological polar surface area (TPSA) is 0 Å². The lowest BCUT2D eigenvalue weighted by Crippen LogP contribution is -1.95. The third-order valence-electron chi connectivity index (χ3n) is 4.03. The minimum absolute atomic E-state index is 0.692. The number of allylic oxidation sites excluding steroid dienone is 6. The lowest BCUT2D eigenvalue weighted by Gasteiger charge is -2.11. The van der Waals surface area contributed by atoms with Gasteiger partial charge in [-0.05, 0) is 57.6 Å². The van der Waals surface area contributed by atoms with Gasteiger partial charge in [-0.2, -0.15) is 0 Å². The van der Waals surface area contributed by atoms with Crippen LogP contribution < -0.4 is 0 Å². The molecule has 0 heteroatoms. The van der Waals surface area contributed by atoms with Gasteiger partial charge in [-0.25, -0.2) is 0 Å². The summed E-state index contributed by atoms with van der Waals surface area (Å²) in [5.41, 5.74) is 5.79. The largest absolute Gasteiger partial charge is 0.0813 e. The molecule has 0 aromatic carbocycles. The van der Waals surface area contributed by atoms with Gasteiger partial charge >= 0.3 is 0 Å². The van der Waals surface area contributed by atoms with Gasteiger partial charge in [0.1, 0.15) is 0 Å². The second-order valence-electron chi connectivity index (χ2n) is 5.54. The molecule has 0 aliphatic carbocycles. The Balaban J connectivity index is 4.84. The standard InChI is InChI=1S/C18H32/c1-8-10-11-12-15(4)18(7)17(6)13-16(5)14(3)9-2/h12-14H,8-11H2,1-7H3. The van der Waals surface area contributed by atoms with Gasteiger partial charge in [-0.15, -0.1) is 0 Å². The van der Waals surface area contributed by atoms with Crippen molar-refractivity contribution in [2.24, 2.45) is 5.92 Å². The van der Waals surface area contributed by atoms with Crippen molar-refractivity contribution in [2.45, 2.75) is 74.1 Å². The van der Waals surface area contributed by atoms with Crippen molar-refractivity contribution in [3.63, 3.8) is 0 Å². The highest BCUT2D eigenvalue weighted by Crippen LogP contribution is 2.20. The van der Waals surface area contributed by atoms with Gasteiger partial charge in [0.15, 0.2) is 0 Å². The van der Waals surface area contributed by atoms with Crippen molar-refractivity contribution in [1.29, 1.82) is 0 Å². The van der Waals surface area contributed by atoms with Gasteiger partial charge in [0.25, 0.3) is 0 Å². The molecule has 0 nitrogen and oxygen atoms in total. The lowest BCUT2D eigenvalue weighted by molar-refractivity contribution is 0.655. The molecular formula is C18H32. The third kappa shape index (κ3) is 6.23. The smallest absolute Gasteiger partial charge is 0.0234 e. The summed E-state index contributed by atoms with van der Waals surface area (Å²) in [4.78, 5) is 0. The second kappa shape index (κ2) is 9.19. The van der Waals surface area contributed by atoms with E-state index in [1.165, 1.54) is 48.0 Å². The van der Waals surface area contributed by atoms with Crippen molar-refractivity contribution in [1.82, 2.24) is 0 Å². The van der Waals surface area contributed by atoms with Gasteiger partial charge in [0.05, 0.1) is 0 Å². The monoisotopic (exact) mass is 248 g/mol. The molecule has 104 valence electrons. The van der Waals surface area contributed by atoms with Crippen molar-refractivity contribution < 1.29 is 0 Å². The molecule has 0 spiro atoms. The van der Waals surface area contributed by atoms with E-state index in [2.05, 4.69) is 60.6 Å². The minimum Gasteiger partial charge on any atom is -0.0813 e. The van der Waals surface area contributed by atoms with Crippen LogP contribution >= 0.6 is 0 Å². The van der Waals surface area contributed by atoms with Crippen LogP contribution in [0, 0.1) is 5.92 Å². The molecule has 1 unspecified atom stereocenters. The van der Waals surface area contributed by atoms with E-state index >= 15 is 0 Å². The fourth-order valence-corrected chi connectivity index (χ4v) is 1.90. The Hall–Kier alpha value is -0.780. The molecule has 0 bridgehead atoms. The molecule has 0 aliphatic rings. The van der Waals surface area contributed by atoms with Gasteiger partial charge in [-0.1, -0.05) is 56.9 Å². The second-order valence-corrected chi connectivity index (χ2v) is 5.54. The summed E-state index contributed by atoms with van der Waals surface area (Å²) in [6.07, 6.45) is 9.75. The van der Waals surface area contributed by atoms with Crippen molar-refractivity contribution >= 4 is 0 Å². The van der Waals surface area contributed by atoms with E-state index in [1.54, 1.807) is 0 Å². The SMILES string of the molecule is CCCCC=C(C)C(C)=C(C)C=C(C)C(C)CC. The van der Waals surface area contributed by atoms with Crippen LogP contribution in [0.1, 0.15) is 74.1 Å². The van der Waals surface area contributed by atoms with Gasteiger partial charge < -0.3 is 0 Å². The summed E-state index contributed by atoms with van der Waals surface area (Å²) in [6.45, 7) is 15.8. The van der Waals surface area contributed by atoms with Crippen LogP contribution in [0.3, 0.4) is 0 Å². The Labute approximate surface area is 115 Å². The van der Waals surface area contributed by atoms with Crippen molar-refractivity contribution in [2.75, 3.05) is 0 Å². The molecule has 0 saturated carbocycles. The predicted molar refractivity (Wildman–Crippen MR) is 84.9 cm³/mol. The van der Waals surface area contributed by atoms with Crippen LogP contribution in [-0.2, 0) is 0 Å². The fourth-order valence-electron chi connectivity index (χ4n) is 1.90. The molecule has 0 fully saturated rings. The maximum Gasteiger partial charge on any atom is -0.0234 e. The fraction of sp³-hybridized carbons (Fsp3) is 0.667. The molecule has 0 aromatic heterocycles. The third-order valence-corrected chi connectivity index (χ3v) is 4.03. The normalized spacial score (nSPS) is 16.6. The summed E-state index contributed by atoms with van der Waals surface area (Å²) < 4.78 is 0. The van der Waals surface area contributed by atoms with Gasteiger partial charge in [0.2, 0.25) is 0 Å². The molecule has 0 saturated heterocycles. The van der Waals surface area contributed by atoms with E-state index in [9.17, 15) is 0 Å². The average molecular weight is 248 g/mol. The van der Waals surface area contributed by atoms with E-state index in [1.807, 2.05) is 0 Å². The Bertz CT molecular complexity index is 326. The zero-order valence-electron chi connectivity index (χ0n) is 13.6. The maximum absolute atomic E-state index is 2.38. The number of unbranched alkanes of at least 4 members (excludes halogenated alkanes) is 2. The molecule has 0 aliphatic heterocycles. The molecule has 0 rings (SSSR count). The number of rotatable bonds is 7. The lowest BCUT2D eigenvalue weighted by atomic mass is 9.95. The molecule has 1 atom stereocenters. The van der Waals surface area contributed by atoms with Crippen LogP contribution in [0.2, 0.25) is 0 Å². The molecule has 0 heterocycles. The molecule has 0 amide bonds. The number of hydrogen-bond acceptors (Lipinski definition) is 0. The van der Waals surface area contributed by atoms with E-state index in [4.69, 9.17) is 0 Å². The zero-order valence-corrected chi connectivity index (χ0v) is 13.6. The maximum atomic E-state index is 2.38. The summed E-state index contributed by atoms with van der Waals surface area (Å²) in [6, 6.07) is 0. The summed E-state index contributed by atoms with van der Waals surface area (Å²) in [7, 11) is 0. The highest BCUT2D eigenvalue weighted by Gasteiger charge is 2.02. The van der Waals surface area contributed by atoms with Crippen LogP contribution in [0.5, 0.6) is 0 Å². The summed E-state index contributed by atoms with van der Waals surface area (Å²) in [5.74, 6) is 0.692. The number of hydrogen-bond donors (Lipinski definition) is 0. The van der Waals surface area contributed by atoms with E-state index in [-0.39, 0.29) is 0 Å². The minimum atomic E-state index is 0.692. The first-order valence-electron chi connectivity index (χ1n) is 7.46. The van der Waals surface area contributed by atoms with Gasteiger partial charge in [0, 0.05) is 0 Å². The quantitative estimate of drug-likeness (QED) is 0.358. The molecule has 0 N–H and O–H groups in total. The first-order chi connectivity index (χ1) is 8.43. The molecule has 0 aromatic rings. The van der Waals surface area contributed by atoms with Crippen LogP contribution in [0.4, 0.5) is 0 Å². The van der Waals surface area contributed by atoms with E-state index in [0.717, 1.165) is 0 Å². The Morgan fingerprint density at radius 3 is 2.17 bits per heavy atom. The first-order valence-corrected chi connectivity index (χ1v) is 7.46. The highest BCUT2D eigenvalue weighted by atomic mass is 14.1. The Morgan fingerprint density at radius 1 is 1.06 bits per heavy atom. The van der Waals surface area contributed by atoms with Crippen molar-refractivity contribution in [3.8, 4) is 0 Å². The molecular weight excluding hydrogens is 216 g/mol. The zero-order chi connectivity index (χ0) is 14.1. The predicted octanol–water partition coefficient (Wildman–Crippen LogP) is 6.45. The summed E-state index contributed by atoms with van der Waals surface area (Å²) >= 11 is 0. The molecule has 0 radical (unpaired) electrons. The van der Waals surface area contributed by atoms with Crippen molar-refractivity contribution in [3.05, 3.63) is 34.4 Å². The van der Waals surface area contributed by atoms with Gasteiger partial charge in [-0.3, -0.25) is 0 Å².